The lowest BCUT2D eigenvalue weighted by molar-refractivity contribution is 0.132. The maximum absolute atomic E-state index is 2.37. The number of rotatable bonds is 3. The topological polar surface area (TPSA) is 0 Å². The Hall–Kier alpha value is -0.850. The highest BCUT2D eigenvalue weighted by Gasteiger charge is 2.32. The van der Waals surface area contributed by atoms with E-state index in [0.29, 0.717) is 10.8 Å². The predicted molar refractivity (Wildman–Crippen MR) is 86.6 cm³/mol. The molecule has 0 radical (unpaired) electrons. The van der Waals surface area contributed by atoms with E-state index in [1.54, 1.807) is 0 Å². The fraction of sp³-hybridized carbons (Fsp3) is 0.667. The summed E-state index contributed by atoms with van der Waals surface area (Å²) >= 11 is 0. The van der Waals surface area contributed by atoms with E-state index in [0.717, 1.165) is 12.8 Å². The lowest BCUT2D eigenvalue weighted by atomic mass is 9.66. The Morgan fingerprint density at radius 3 is 1.79 bits per heavy atom. The van der Waals surface area contributed by atoms with Crippen molar-refractivity contribution in [3.05, 3.63) is 35.4 Å². The first-order valence-corrected chi connectivity index (χ1v) is 7.34. The van der Waals surface area contributed by atoms with Crippen molar-refractivity contribution < 1.29 is 4.70 Å². The second-order valence-electron chi connectivity index (χ2n) is 6.48. The van der Waals surface area contributed by atoms with Crippen molar-refractivity contribution in [3.63, 3.8) is 0 Å². The highest BCUT2D eigenvalue weighted by atomic mass is 19.0. The summed E-state index contributed by atoms with van der Waals surface area (Å²) in [5, 5.41) is 0. The van der Waals surface area contributed by atoms with Crippen LogP contribution in [0.5, 0.6) is 0 Å². The third-order valence-electron chi connectivity index (χ3n) is 4.08. The van der Waals surface area contributed by atoms with Crippen molar-refractivity contribution in [3.8, 4) is 0 Å². The van der Waals surface area contributed by atoms with Crippen LogP contribution in [0.3, 0.4) is 0 Å². The van der Waals surface area contributed by atoms with Gasteiger partial charge in [-0.2, -0.15) is 0 Å². The largest absolute Gasteiger partial charge is 0.269 e. The number of hydrogen-bond donors (Lipinski definition) is 0. The zero-order valence-electron chi connectivity index (χ0n) is 14.1. The third-order valence-corrected chi connectivity index (χ3v) is 4.08. The van der Waals surface area contributed by atoms with Crippen LogP contribution in [0, 0.1) is 10.8 Å². The van der Waals surface area contributed by atoms with Gasteiger partial charge in [0.05, 0.1) is 0 Å². The molecule has 0 atom stereocenters. The van der Waals surface area contributed by atoms with Crippen LogP contribution < -0.4 is 0 Å². The molecule has 1 aromatic carbocycles. The minimum Gasteiger partial charge on any atom is -0.269 e. The second kappa shape index (κ2) is 8.35. The Labute approximate surface area is 120 Å². The monoisotopic (exact) mass is 268 g/mol. The zero-order valence-corrected chi connectivity index (χ0v) is 14.1. The average molecular weight is 268 g/mol. The maximum Gasteiger partial charge on any atom is -0.0222 e. The first kappa shape index (κ1) is 20.5. The quantitative estimate of drug-likeness (QED) is 0.626. The van der Waals surface area contributed by atoms with Gasteiger partial charge in [0.1, 0.15) is 0 Å². The molecular formula is C18H33F. The average Bonchev–Trinajstić information content (AvgIpc) is 2.30. The lowest BCUT2D eigenvalue weighted by Gasteiger charge is -2.39. The van der Waals surface area contributed by atoms with E-state index in [2.05, 4.69) is 65.8 Å². The summed E-state index contributed by atoms with van der Waals surface area (Å²) in [5.41, 5.74) is 3.59. The van der Waals surface area contributed by atoms with Crippen LogP contribution >= 0.6 is 0 Å². The van der Waals surface area contributed by atoms with Gasteiger partial charge in [-0.05, 0) is 34.8 Å². The highest BCUT2D eigenvalue weighted by molar-refractivity contribution is 5.24. The molecule has 0 bridgehead atoms. The number of benzene rings is 1. The molecule has 0 heterocycles. The van der Waals surface area contributed by atoms with Gasteiger partial charge in [-0.1, -0.05) is 79.7 Å². The van der Waals surface area contributed by atoms with Crippen molar-refractivity contribution in [2.45, 2.75) is 68.2 Å². The molecule has 0 aliphatic heterocycles. The Bertz CT molecular complexity index is 345. The van der Waals surface area contributed by atoms with Gasteiger partial charge in [0.25, 0.3) is 0 Å². The fourth-order valence-corrected chi connectivity index (χ4v) is 1.74. The SMILES string of the molecule is CC.CCc1cccc(CC(C)(C)C(C)(C)C)c1.F. The van der Waals surface area contributed by atoms with Crippen LogP contribution in [0.4, 0.5) is 4.70 Å². The van der Waals surface area contributed by atoms with Gasteiger partial charge in [-0.25, -0.2) is 0 Å². The van der Waals surface area contributed by atoms with E-state index < -0.39 is 0 Å². The molecule has 0 amide bonds. The van der Waals surface area contributed by atoms with Gasteiger partial charge in [0.2, 0.25) is 0 Å². The number of halogens is 1. The van der Waals surface area contributed by atoms with Crippen LogP contribution in [0.15, 0.2) is 24.3 Å². The zero-order chi connectivity index (χ0) is 14.4. The Morgan fingerprint density at radius 2 is 1.37 bits per heavy atom. The molecule has 0 N–H and O–H groups in total. The molecule has 19 heavy (non-hydrogen) atoms. The summed E-state index contributed by atoms with van der Waals surface area (Å²) in [5.74, 6) is 0. The summed E-state index contributed by atoms with van der Waals surface area (Å²) in [6.07, 6.45) is 2.29. The summed E-state index contributed by atoms with van der Waals surface area (Å²) in [7, 11) is 0. The van der Waals surface area contributed by atoms with Crippen molar-refractivity contribution in [2.75, 3.05) is 0 Å². The molecule has 0 saturated heterocycles. The van der Waals surface area contributed by atoms with E-state index in [-0.39, 0.29) is 4.70 Å². The van der Waals surface area contributed by atoms with E-state index in [9.17, 15) is 0 Å². The van der Waals surface area contributed by atoms with Crippen molar-refractivity contribution in [1.29, 1.82) is 0 Å². The van der Waals surface area contributed by atoms with Crippen LogP contribution in [-0.4, -0.2) is 0 Å². The smallest absolute Gasteiger partial charge is 0.0222 e. The highest BCUT2D eigenvalue weighted by Crippen LogP contribution is 2.40. The summed E-state index contributed by atoms with van der Waals surface area (Å²) in [6.45, 7) is 17.9. The molecule has 0 aliphatic carbocycles. The predicted octanol–water partition coefficient (Wildman–Crippen LogP) is 6.04. The normalized spacial score (nSPS) is 11.2. The van der Waals surface area contributed by atoms with Crippen LogP contribution in [0.25, 0.3) is 0 Å². The van der Waals surface area contributed by atoms with E-state index >= 15 is 0 Å². The standard InChI is InChI=1S/C16H26.C2H6.FH/c1-7-13-9-8-10-14(11-13)12-16(5,6)15(2,3)4;1-2;/h8-11H,7,12H2,1-6H3;1-2H3;1H. The van der Waals surface area contributed by atoms with Crippen LogP contribution in [0.2, 0.25) is 0 Å². The number of aryl methyl sites for hydroxylation is 1. The number of hydrogen-bond acceptors (Lipinski definition) is 0. The second-order valence-corrected chi connectivity index (χ2v) is 6.48. The summed E-state index contributed by atoms with van der Waals surface area (Å²) in [6, 6.07) is 9.01. The van der Waals surface area contributed by atoms with E-state index in [4.69, 9.17) is 0 Å². The minimum absolute atomic E-state index is 0. The minimum atomic E-state index is 0. The summed E-state index contributed by atoms with van der Waals surface area (Å²) < 4.78 is 0. The maximum atomic E-state index is 2.37. The Balaban J connectivity index is 0. The van der Waals surface area contributed by atoms with Gasteiger partial charge in [-0.15, -0.1) is 0 Å². The van der Waals surface area contributed by atoms with Gasteiger partial charge in [0, 0.05) is 0 Å². The van der Waals surface area contributed by atoms with Crippen LogP contribution in [0.1, 0.15) is 66.5 Å². The fourth-order valence-electron chi connectivity index (χ4n) is 1.74. The molecule has 1 aromatic rings. The van der Waals surface area contributed by atoms with E-state index in [1.807, 2.05) is 13.8 Å². The Morgan fingerprint density at radius 1 is 0.895 bits per heavy atom. The van der Waals surface area contributed by atoms with Gasteiger partial charge in [-0.3, -0.25) is 4.70 Å². The molecule has 0 nitrogen and oxygen atoms in total. The van der Waals surface area contributed by atoms with Gasteiger partial charge < -0.3 is 0 Å². The first-order valence-electron chi connectivity index (χ1n) is 7.34. The molecule has 1 heteroatoms. The lowest BCUT2D eigenvalue weighted by Crippen LogP contribution is -2.31. The molecule has 0 unspecified atom stereocenters. The molecule has 0 fully saturated rings. The molecule has 0 aromatic heterocycles. The van der Waals surface area contributed by atoms with Gasteiger partial charge >= 0.3 is 0 Å². The van der Waals surface area contributed by atoms with Crippen LogP contribution in [-0.2, 0) is 12.8 Å². The van der Waals surface area contributed by atoms with Crippen molar-refractivity contribution in [1.82, 2.24) is 0 Å². The Kier molecular flexibility index (Phi) is 8.99. The third kappa shape index (κ3) is 6.22. The molecule has 112 valence electrons. The molecule has 0 saturated carbocycles. The molecular weight excluding hydrogens is 235 g/mol. The summed E-state index contributed by atoms with van der Waals surface area (Å²) in [4.78, 5) is 0. The van der Waals surface area contributed by atoms with Gasteiger partial charge in [0.15, 0.2) is 0 Å². The van der Waals surface area contributed by atoms with Crippen molar-refractivity contribution in [2.24, 2.45) is 10.8 Å². The molecule has 0 spiro atoms. The molecule has 1 rings (SSSR count). The van der Waals surface area contributed by atoms with Crippen molar-refractivity contribution >= 4 is 0 Å². The molecule has 0 aliphatic rings. The van der Waals surface area contributed by atoms with E-state index in [1.165, 1.54) is 11.1 Å². The first-order chi connectivity index (χ1) is 8.26.